The van der Waals surface area contributed by atoms with E-state index in [2.05, 4.69) is 30.2 Å². The summed E-state index contributed by atoms with van der Waals surface area (Å²) >= 11 is 0. The van der Waals surface area contributed by atoms with Gasteiger partial charge in [-0.1, -0.05) is 6.92 Å². The first kappa shape index (κ1) is 9.50. The van der Waals surface area contributed by atoms with Crippen molar-refractivity contribution in [1.29, 1.82) is 0 Å². The summed E-state index contributed by atoms with van der Waals surface area (Å²) in [5.41, 5.74) is 2.30. The molecule has 1 aliphatic carbocycles. The molecule has 1 aliphatic rings. The molecular weight excluding hydrogens is 172 g/mol. The first-order valence-corrected chi connectivity index (χ1v) is 5.44. The van der Waals surface area contributed by atoms with Crippen LogP contribution in [0.3, 0.4) is 0 Å². The van der Waals surface area contributed by atoms with Gasteiger partial charge < -0.3 is 5.32 Å². The van der Waals surface area contributed by atoms with Gasteiger partial charge in [-0.15, -0.1) is 0 Å². The van der Waals surface area contributed by atoms with Crippen LogP contribution in [0.15, 0.2) is 18.3 Å². The molecule has 76 valence electrons. The van der Waals surface area contributed by atoms with E-state index in [0.29, 0.717) is 6.04 Å². The highest BCUT2D eigenvalue weighted by Crippen LogP contribution is 2.27. The lowest BCUT2D eigenvalue weighted by atomic mass is 10.1. The van der Waals surface area contributed by atoms with E-state index >= 15 is 0 Å². The molecule has 2 rings (SSSR count). The Balaban J connectivity index is 2.01. The van der Waals surface area contributed by atoms with Crippen LogP contribution >= 0.6 is 0 Å². The molecule has 0 unspecified atom stereocenters. The predicted molar refractivity (Wildman–Crippen MR) is 59.4 cm³/mol. The van der Waals surface area contributed by atoms with Crippen LogP contribution in [0.5, 0.6) is 0 Å². The third-order valence-corrected chi connectivity index (χ3v) is 3.06. The van der Waals surface area contributed by atoms with Crippen molar-refractivity contribution in [3.05, 3.63) is 24.0 Å². The molecule has 2 nitrogen and oxygen atoms in total. The quantitative estimate of drug-likeness (QED) is 0.775. The van der Waals surface area contributed by atoms with Crippen LogP contribution in [-0.2, 0) is 0 Å². The minimum absolute atomic E-state index is 0.660. The fourth-order valence-electron chi connectivity index (χ4n) is 2.19. The zero-order valence-corrected chi connectivity index (χ0v) is 8.96. The Hall–Kier alpha value is -1.05. The van der Waals surface area contributed by atoms with Gasteiger partial charge >= 0.3 is 0 Å². The molecule has 0 radical (unpaired) electrons. The van der Waals surface area contributed by atoms with Gasteiger partial charge in [0.1, 0.15) is 0 Å². The lowest BCUT2D eigenvalue weighted by molar-refractivity contribution is 0.602. The molecule has 2 heteroatoms. The molecule has 0 amide bonds. The topological polar surface area (TPSA) is 24.9 Å². The van der Waals surface area contributed by atoms with Crippen LogP contribution in [0.4, 0.5) is 5.69 Å². The van der Waals surface area contributed by atoms with Crippen molar-refractivity contribution in [1.82, 2.24) is 4.98 Å². The molecule has 1 N–H and O–H groups in total. The molecule has 0 spiro atoms. The summed E-state index contributed by atoms with van der Waals surface area (Å²) in [6, 6.07) is 4.77. The Kier molecular flexibility index (Phi) is 2.71. The molecule has 1 fully saturated rings. The van der Waals surface area contributed by atoms with E-state index in [1.165, 1.54) is 24.9 Å². The predicted octanol–water partition coefficient (Wildman–Crippen LogP) is 2.99. The van der Waals surface area contributed by atoms with Crippen LogP contribution in [0.25, 0.3) is 0 Å². The molecule has 2 atom stereocenters. The number of pyridine rings is 1. The first-order valence-electron chi connectivity index (χ1n) is 5.44. The van der Waals surface area contributed by atoms with Gasteiger partial charge in [0.2, 0.25) is 0 Å². The molecule has 0 aliphatic heterocycles. The monoisotopic (exact) mass is 190 g/mol. The molecular formula is C12H18N2. The van der Waals surface area contributed by atoms with E-state index in [9.17, 15) is 0 Å². The van der Waals surface area contributed by atoms with E-state index in [-0.39, 0.29) is 0 Å². The molecule has 1 heterocycles. The second-order valence-corrected chi connectivity index (χ2v) is 4.40. The van der Waals surface area contributed by atoms with Crippen molar-refractivity contribution in [3.63, 3.8) is 0 Å². The molecule has 0 saturated heterocycles. The fraction of sp³-hybridized carbons (Fsp3) is 0.583. The maximum atomic E-state index is 4.28. The zero-order valence-electron chi connectivity index (χ0n) is 8.96. The number of aromatic nitrogens is 1. The smallest absolute Gasteiger partial charge is 0.0603 e. The number of nitrogens with zero attached hydrogens (tertiary/aromatic N) is 1. The van der Waals surface area contributed by atoms with Crippen LogP contribution in [-0.4, -0.2) is 11.0 Å². The largest absolute Gasteiger partial charge is 0.381 e. The number of aryl methyl sites for hydroxylation is 1. The minimum atomic E-state index is 0.660. The van der Waals surface area contributed by atoms with Gasteiger partial charge in [0.25, 0.3) is 0 Å². The normalized spacial score (nSPS) is 26.4. The number of rotatable bonds is 2. The van der Waals surface area contributed by atoms with Crippen molar-refractivity contribution in [2.45, 2.75) is 39.2 Å². The van der Waals surface area contributed by atoms with Crippen molar-refractivity contribution in [3.8, 4) is 0 Å². The van der Waals surface area contributed by atoms with Gasteiger partial charge in [0.15, 0.2) is 0 Å². The molecule has 0 bridgehead atoms. The maximum absolute atomic E-state index is 4.28. The van der Waals surface area contributed by atoms with Gasteiger partial charge in [0, 0.05) is 12.2 Å². The summed E-state index contributed by atoms with van der Waals surface area (Å²) in [6.07, 6.45) is 5.80. The molecule has 1 aromatic rings. The molecule has 1 saturated carbocycles. The summed E-state index contributed by atoms with van der Waals surface area (Å²) in [4.78, 5) is 4.28. The number of hydrogen-bond acceptors (Lipinski definition) is 2. The summed E-state index contributed by atoms with van der Waals surface area (Å²) < 4.78 is 0. The van der Waals surface area contributed by atoms with Crippen molar-refractivity contribution in [2.24, 2.45) is 5.92 Å². The second kappa shape index (κ2) is 3.99. The molecule has 0 aromatic carbocycles. The van der Waals surface area contributed by atoms with Gasteiger partial charge in [-0.2, -0.15) is 0 Å². The van der Waals surface area contributed by atoms with Crippen molar-refractivity contribution < 1.29 is 0 Å². The van der Waals surface area contributed by atoms with E-state index in [1.807, 2.05) is 12.3 Å². The lowest BCUT2D eigenvalue weighted by Gasteiger charge is -2.15. The highest BCUT2D eigenvalue weighted by molar-refractivity contribution is 5.47. The standard InChI is InChI=1S/C12H18N2/c1-9-5-6-11(8-9)14-12-4-3-7-13-10(12)2/h3-4,7,9,11,14H,5-6,8H2,1-2H3/t9-,11+/m1/s1. The van der Waals surface area contributed by atoms with Crippen molar-refractivity contribution >= 4 is 5.69 Å². The average Bonchev–Trinajstić information content (AvgIpc) is 2.56. The Morgan fingerprint density at radius 2 is 2.29 bits per heavy atom. The Bertz CT molecular complexity index is 309. The van der Waals surface area contributed by atoms with E-state index in [0.717, 1.165) is 11.6 Å². The van der Waals surface area contributed by atoms with Crippen LogP contribution in [0, 0.1) is 12.8 Å². The Morgan fingerprint density at radius 1 is 1.43 bits per heavy atom. The fourth-order valence-corrected chi connectivity index (χ4v) is 2.19. The lowest BCUT2D eigenvalue weighted by Crippen LogP contribution is -2.16. The Labute approximate surface area is 85.7 Å². The first-order chi connectivity index (χ1) is 6.75. The minimum Gasteiger partial charge on any atom is -0.381 e. The Morgan fingerprint density at radius 3 is 2.93 bits per heavy atom. The summed E-state index contributed by atoms with van der Waals surface area (Å²) in [5, 5.41) is 3.58. The average molecular weight is 190 g/mol. The van der Waals surface area contributed by atoms with Crippen LogP contribution in [0.2, 0.25) is 0 Å². The van der Waals surface area contributed by atoms with Gasteiger partial charge in [-0.05, 0) is 44.2 Å². The number of hydrogen-bond donors (Lipinski definition) is 1. The SMILES string of the molecule is Cc1ncccc1N[C@H]1CC[C@@H](C)C1. The molecule has 1 aromatic heterocycles. The summed E-state index contributed by atoms with van der Waals surface area (Å²) in [6.45, 7) is 4.39. The maximum Gasteiger partial charge on any atom is 0.0603 e. The summed E-state index contributed by atoms with van der Waals surface area (Å²) in [7, 11) is 0. The van der Waals surface area contributed by atoms with E-state index < -0.39 is 0 Å². The number of nitrogens with one attached hydrogen (secondary N) is 1. The second-order valence-electron chi connectivity index (χ2n) is 4.40. The highest BCUT2D eigenvalue weighted by atomic mass is 14.9. The van der Waals surface area contributed by atoms with E-state index in [4.69, 9.17) is 0 Å². The van der Waals surface area contributed by atoms with Gasteiger partial charge in [0.05, 0.1) is 11.4 Å². The third-order valence-electron chi connectivity index (χ3n) is 3.06. The summed E-state index contributed by atoms with van der Waals surface area (Å²) in [5.74, 6) is 0.879. The zero-order chi connectivity index (χ0) is 9.97. The third kappa shape index (κ3) is 2.06. The van der Waals surface area contributed by atoms with Gasteiger partial charge in [-0.25, -0.2) is 0 Å². The van der Waals surface area contributed by atoms with Crippen LogP contribution < -0.4 is 5.32 Å². The van der Waals surface area contributed by atoms with Gasteiger partial charge in [-0.3, -0.25) is 4.98 Å². The van der Waals surface area contributed by atoms with E-state index in [1.54, 1.807) is 0 Å². The van der Waals surface area contributed by atoms with Crippen LogP contribution in [0.1, 0.15) is 31.9 Å². The molecule has 14 heavy (non-hydrogen) atoms. The highest BCUT2D eigenvalue weighted by Gasteiger charge is 2.21. The van der Waals surface area contributed by atoms with Crippen molar-refractivity contribution in [2.75, 3.05) is 5.32 Å². The number of anilines is 1.